The van der Waals surface area contributed by atoms with Gasteiger partial charge in [-0.05, 0) is 62.4 Å². The van der Waals surface area contributed by atoms with Crippen LogP contribution in [0.1, 0.15) is 55.4 Å². The predicted molar refractivity (Wildman–Crippen MR) is 157 cm³/mol. The number of amides is 1. The number of nitriles is 1. The molecule has 210 valence electrons. The molecule has 4 rings (SSSR count). The van der Waals surface area contributed by atoms with Gasteiger partial charge in [0.05, 0.1) is 24.0 Å². The van der Waals surface area contributed by atoms with Gasteiger partial charge < -0.3 is 9.64 Å². The van der Waals surface area contributed by atoms with Crippen molar-refractivity contribution in [3.05, 3.63) is 67.6 Å². The number of anilines is 1. The zero-order valence-corrected chi connectivity index (χ0v) is 24.4. The number of piperidine rings is 1. The number of thioether (sulfide) groups is 1. The van der Waals surface area contributed by atoms with Gasteiger partial charge in [0.1, 0.15) is 27.6 Å². The molecule has 1 amide bonds. The molecule has 0 spiro atoms. The summed E-state index contributed by atoms with van der Waals surface area (Å²) in [5, 5.41) is 9.87. The second kappa shape index (κ2) is 12.8. The minimum Gasteiger partial charge on any atom is -0.466 e. The molecule has 40 heavy (non-hydrogen) atoms. The highest BCUT2D eigenvalue weighted by Gasteiger charge is 2.34. The first kappa shape index (κ1) is 29.5. The van der Waals surface area contributed by atoms with Gasteiger partial charge in [-0.25, -0.2) is 4.39 Å². The lowest BCUT2D eigenvalue weighted by Crippen LogP contribution is -2.41. The standard InChI is InChI=1S/C29H31FN4O4S2/c1-4-12-33-25(32-13-10-20(11-14-32)28(37)38-5-2)22(18(3)23(16-31)26(33)35)15-24-27(36)34(29(39)40-24)17-19-6-8-21(30)9-7-19/h6-9,15,20H,4-5,10-14,17H2,1-3H3. The van der Waals surface area contributed by atoms with E-state index < -0.39 is 0 Å². The van der Waals surface area contributed by atoms with E-state index in [2.05, 4.69) is 11.0 Å². The monoisotopic (exact) mass is 582 g/mol. The molecule has 11 heteroatoms. The fraction of sp³-hybridized carbons (Fsp3) is 0.414. The van der Waals surface area contributed by atoms with Crippen LogP contribution in [0.25, 0.3) is 6.08 Å². The molecule has 2 fully saturated rings. The molecule has 2 saturated heterocycles. The number of benzene rings is 1. The van der Waals surface area contributed by atoms with Crippen molar-refractivity contribution in [3.8, 4) is 6.07 Å². The van der Waals surface area contributed by atoms with Gasteiger partial charge in [0.25, 0.3) is 11.5 Å². The van der Waals surface area contributed by atoms with E-state index in [1.165, 1.54) is 17.0 Å². The van der Waals surface area contributed by atoms with E-state index in [4.69, 9.17) is 17.0 Å². The zero-order valence-electron chi connectivity index (χ0n) is 22.7. The largest absolute Gasteiger partial charge is 0.466 e. The highest BCUT2D eigenvalue weighted by Crippen LogP contribution is 2.37. The third kappa shape index (κ3) is 5.98. The van der Waals surface area contributed by atoms with Gasteiger partial charge in [-0.2, -0.15) is 5.26 Å². The molecule has 2 aliphatic rings. The maximum Gasteiger partial charge on any atom is 0.309 e. The molecular formula is C29H31FN4O4S2. The van der Waals surface area contributed by atoms with E-state index in [0.717, 1.165) is 17.3 Å². The molecule has 0 radical (unpaired) electrons. The van der Waals surface area contributed by atoms with Crippen LogP contribution < -0.4 is 10.5 Å². The molecule has 2 aliphatic heterocycles. The summed E-state index contributed by atoms with van der Waals surface area (Å²) in [6.45, 7) is 7.42. The number of thiocarbonyl (C=S) groups is 1. The number of carbonyl (C=O) groups excluding carboxylic acids is 2. The van der Waals surface area contributed by atoms with Crippen molar-refractivity contribution in [2.24, 2.45) is 5.92 Å². The molecule has 1 aromatic heterocycles. The van der Waals surface area contributed by atoms with Crippen molar-refractivity contribution in [1.29, 1.82) is 5.26 Å². The van der Waals surface area contributed by atoms with E-state index in [0.29, 0.717) is 71.7 Å². The summed E-state index contributed by atoms with van der Waals surface area (Å²) in [6, 6.07) is 7.95. The third-order valence-corrected chi connectivity index (χ3v) is 8.49. The fourth-order valence-electron chi connectivity index (χ4n) is 5.04. The Balaban J connectivity index is 1.75. The third-order valence-electron chi connectivity index (χ3n) is 7.11. The van der Waals surface area contributed by atoms with Crippen molar-refractivity contribution in [2.45, 2.75) is 53.1 Å². The second-order valence-electron chi connectivity index (χ2n) is 9.71. The number of hydrogen-bond donors (Lipinski definition) is 0. The number of hydrogen-bond acceptors (Lipinski definition) is 8. The van der Waals surface area contributed by atoms with Crippen LogP contribution in [0.2, 0.25) is 0 Å². The summed E-state index contributed by atoms with van der Waals surface area (Å²) in [6.07, 6.45) is 3.52. The molecule has 8 nitrogen and oxygen atoms in total. The Labute approximate surface area is 242 Å². The van der Waals surface area contributed by atoms with Crippen molar-refractivity contribution < 1.29 is 18.7 Å². The Morgan fingerprint density at radius 1 is 1.23 bits per heavy atom. The number of rotatable bonds is 8. The number of halogens is 1. The van der Waals surface area contributed by atoms with Gasteiger partial charge >= 0.3 is 5.97 Å². The van der Waals surface area contributed by atoms with Crippen LogP contribution in [-0.4, -0.2) is 45.4 Å². The summed E-state index contributed by atoms with van der Waals surface area (Å²) in [4.78, 5) is 43.1. The van der Waals surface area contributed by atoms with Crippen molar-refractivity contribution in [3.63, 3.8) is 0 Å². The maximum absolute atomic E-state index is 13.5. The van der Waals surface area contributed by atoms with E-state index in [1.807, 2.05) is 6.92 Å². The number of pyridine rings is 1. The van der Waals surface area contributed by atoms with Gasteiger partial charge in [0.15, 0.2) is 0 Å². The van der Waals surface area contributed by atoms with Gasteiger partial charge in [-0.1, -0.05) is 43.0 Å². The molecule has 3 heterocycles. The molecule has 0 bridgehead atoms. The summed E-state index contributed by atoms with van der Waals surface area (Å²) < 4.78 is 20.6. The van der Waals surface area contributed by atoms with Crippen LogP contribution >= 0.6 is 24.0 Å². The van der Waals surface area contributed by atoms with Crippen molar-refractivity contribution >= 4 is 52.1 Å². The van der Waals surface area contributed by atoms with Gasteiger partial charge in [0, 0.05) is 25.2 Å². The first-order chi connectivity index (χ1) is 19.2. The highest BCUT2D eigenvalue weighted by atomic mass is 32.2. The summed E-state index contributed by atoms with van der Waals surface area (Å²) in [5.74, 6) is -0.451. The van der Waals surface area contributed by atoms with E-state index in [1.54, 1.807) is 36.6 Å². The molecule has 0 saturated carbocycles. The first-order valence-electron chi connectivity index (χ1n) is 13.3. The highest BCUT2D eigenvalue weighted by molar-refractivity contribution is 8.26. The molecule has 0 atom stereocenters. The number of aromatic nitrogens is 1. The molecule has 0 unspecified atom stereocenters. The van der Waals surface area contributed by atoms with Crippen LogP contribution in [0.5, 0.6) is 0 Å². The van der Waals surface area contributed by atoms with Crippen LogP contribution in [0.15, 0.2) is 34.0 Å². The van der Waals surface area contributed by atoms with Crippen molar-refractivity contribution in [2.75, 3.05) is 24.6 Å². The normalized spacial score (nSPS) is 17.0. The minimum atomic E-state index is -0.370. The van der Waals surface area contributed by atoms with Gasteiger partial charge in [-0.3, -0.25) is 23.9 Å². The Hall–Kier alpha value is -3.49. The number of ether oxygens (including phenoxy) is 1. The van der Waals surface area contributed by atoms with Gasteiger partial charge in [-0.15, -0.1) is 0 Å². The van der Waals surface area contributed by atoms with E-state index >= 15 is 0 Å². The topological polar surface area (TPSA) is 95.6 Å². The first-order valence-corrected chi connectivity index (χ1v) is 14.5. The van der Waals surface area contributed by atoms with E-state index in [-0.39, 0.29) is 41.3 Å². The molecule has 0 aliphatic carbocycles. The van der Waals surface area contributed by atoms with Crippen LogP contribution in [0, 0.1) is 30.0 Å². The minimum absolute atomic E-state index is 0.0339. The summed E-state index contributed by atoms with van der Waals surface area (Å²) >= 11 is 6.67. The van der Waals surface area contributed by atoms with Gasteiger partial charge in [0.2, 0.25) is 0 Å². The lowest BCUT2D eigenvalue weighted by Gasteiger charge is -2.35. The average molecular weight is 583 g/mol. The Morgan fingerprint density at radius 2 is 1.90 bits per heavy atom. The Morgan fingerprint density at radius 3 is 2.50 bits per heavy atom. The summed E-state index contributed by atoms with van der Waals surface area (Å²) in [7, 11) is 0. The number of nitrogens with zero attached hydrogens (tertiary/aromatic N) is 4. The molecule has 1 aromatic carbocycles. The number of carbonyl (C=O) groups is 2. The average Bonchev–Trinajstić information content (AvgIpc) is 3.20. The molecule has 0 N–H and O–H groups in total. The molecule has 2 aromatic rings. The van der Waals surface area contributed by atoms with Crippen LogP contribution in [0.4, 0.5) is 10.2 Å². The van der Waals surface area contributed by atoms with Crippen molar-refractivity contribution in [1.82, 2.24) is 9.47 Å². The van der Waals surface area contributed by atoms with E-state index in [9.17, 15) is 24.0 Å². The molecular weight excluding hydrogens is 551 g/mol. The second-order valence-corrected chi connectivity index (χ2v) is 11.4. The maximum atomic E-state index is 13.5. The van der Waals surface area contributed by atoms with Crippen LogP contribution in [-0.2, 0) is 27.4 Å². The summed E-state index contributed by atoms with van der Waals surface area (Å²) in [5.41, 5.74) is 1.51. The van der Waals surface area contributed by atoms with Crippen LogP contribution in [0.3, 0.4) is 0 Å². The quantitative estimate of drug-likeness (QED) is 0.250. The lowest BCUT2D eigenvalue weighted by molar-refractivity contribution is -0.148. The SMILES string of the molecule is CCCn1c(N2CCC(C(=O)OCC)CC2)c(C=C2SC(=S)N(Cc3ccc(F)cc3)C2=O)c(C)c(C#N)c1=O. The smallest absolute Gasteiger partial charge is 0.309 e. The number of esters is 1. The zero-order chi connectivity index (χ0) is 29.0. The fourth-order valence-corrected chi connectivity index (χ4v) is 6.28. The predicted octanol–water partition coefficient (Wildman–Crippen LogP) is 4.76. The lowest BCUT2D eigenvalue weighted by atomic mass is 9.95. The Bertz CT molecular complexity index is 1450. The Kier molecular flexibility index (Phi) is 9.43.